The molecular formula is C4H9NO3S. The first-order valence-electron chi connectivity index (χ1n) is 2.74. The Hall–Kier alpha value is 0.0300. The van der Waals surface area contributed by atoms with Crippen LogP contribution in [0.2, 0.25) is 0 Å². The van der Waals surface area contributed by atoms with Crippen molar-refractivity contribution in [3.63, 3.8) is 0 Å². The van der Waals surface area contributed by atoms with Crippen LogP contribution in [0, 0.1) is 0 Å². The van der Waals surface area contributed by atoms with Gasteiger partial charge in [0, 0.05) is 13.1 Å². The van der Waals surface area contributed by atoms with Crippen LogP contribution in [0.15, 0.2) is 0 Å². The molecule has 1 aliphatic heterocycles. The number of aliphatic hydroxyl groups excluding tert-OH is 1. The van der Waals surface area contributed by atoms with Crippen LogP contribution in [0.5, 0.6) is 0 Å². The summed E-state index contributed by atoms with van der Waals surface area (Å²) in [6.07, 6.45) is 0.188. The Morgan fingerprint density at radius 1 is 1.67 bits per heavy atom. The predicted octanol–water partition coefficient (Wildman–Crippen LogP) is -0.810. The van der Waals surface area contributed by atoms with Crippen LogP contribution in [0.1, 0.15) is 6.42 Å². The molecule has 1 rings (SSSR count). The summed E-state index contributed by atoms with van der Waals surface area (Å²) < 4.78 is 20.1. The van der Waals surface area contributed by atoms with Gasteiger partial charge in [-0.3, -0.25) is 4.55 Å². The Labute approximate surface area is 55.9 Å². The van der Waals surface area contributed by atoms with Gasteiger partial charge in [0.2, 0.25) is 11.3 Å². The molecule has 0 spiro atoms. The monoisotopic (exact) mass is 151 g/mol. The second kappa shape index (κ2) is 2.74. The van der Waals surface area contributed by atoms with Crippen LogP contribution in [-0.2, 0) is 11.3 Å². The van der Waals surface area contributed by atoms with Gasteiger partial charge < -0.3 is 5.11 Å². The molecule has 5 heteroatoms. The number of hydrogen-bond donors (Lipinski definition) is 2. The minimum atomic E-state index is -1.89. The van der Waals surface area contributed by atoms with Crippen molar-refractivity contribution in [2.24, 2.45) is 0 Å². The molecule has 9 heavy (non-hydrogen) atoms. The maximum atomic E-state index is 10.3. The second-order valence-electron chi connectivity index (χ2n) is 2.06. The highest BCUT2D eigenvalue weighted by atomic mass is 32.2. The second-order valence-corrected chi connectivity index (χ2v) is 3.04. The fourth-order valence-corrected chi connectivity index (χ4v) is 1.41. The lowest BCUT2D eigenvalue weighted by atomic mass is 10.3. The zero-order chi connectivity index (χ0) is 6.85. The topological polar surface area (TPSA) is 60.8 Å². The van der Waals surface area contributed by atoms with E-state index in [2.05, 4.69) is 0 Å². The predicted molar refractivity (Wildman–Crippen MR) is 33.0 cm³/mol. The molecule has 0 amide bonds. The van der Waals surface area contributed by atoms with E-state index in [0.29, 0.717) is 19.5 Å². The van der Waals surface area contributed by atoms with Gasteiger partial charge in [0.15, 0.2) is 0 Å². The van der Waals surface area contributed by atoms with E-state index in [4.69, 9.17) is 9.66 Å². The Kier molecular flexibility index (Phi) is 2.18. The Bertz CT molecular complexity index is 129. The fourth-order valence-electron chi connectivity index (χ4n) is 0.853. The van der Waals surface area contributed by atoms with E-state index in [1.165, 1.54) is 4.31 Å². The number of nitrogens with zero attached hydrogens (tertiary/aromatic N) is 1. The van der Waals surface area contributed by atoms with Gasteiger partial charge in [-0.25, -0.2) is 4.21 Å². The number of aliphatic hydroxyl groups is 1. The Morgan fingerprint density at radius 2 is 2.33 bits per heavy atom. The first-order valence-corrected chi connectivity index (χ1v) is 3.80. The third-order valence-corrected chi connectivity index (χ3v) is 2.12. The first-order chi connectivity index (χ1) is 4.20. The van der Waals surface area contributed by atoms with E-state index in [0.717, 1.165) is 0 Å². The van der Waals surface area contributed by atoms with Crippen molar-refractivity contribution in [1.82, 2.24) is 4.31 Å². The summed E-state index contributed by atoms with van der Waals surface area (Å²) in [5.41, 5.74) is 0. The summed E-state index contributed by atoms with van der Waals surface area (Å²) in [5.74, 6) is 0. The highest BCUT2D eigenvalue weighted by Gasteiger charge is 2.23. The van der Waals surface area contributed by atoms with Crippen molar-refractivity contribution >= 4 is 11.3 Å². The molecular weight excluding hydrogens is 142 g/mol. The number of β-amino-alcohol motifs (C(OH)–C–C–N with tert-alkyl or cyclic N) is 1. The lowest BCUT2D eigenvalue weighted by molar-refractivity contribution is 0.189. The van der Waals surface area contributed by atoms with Gasteiger partial charge in [-0.05, 0) is 6.42 Å². The Morgan fingerprint density at radius 3 is 2.56 bits per heavy atom. The normalized spacial score (nSPS) is 32.9. The minimum Gasteiger partial charge on any atom is -0.392 e. The van der Waals surface area contributed by atoms with Crippen molar-refractivity contribution in [2.75, 3.05) is 13.1 Å². The van der Waals surface area contributed by atoms with Crippen molar-refractivity contribution < 1.29 is 13.9 Å². The van der Waals surface area contributed by atoms with Gasteiger partial charge >= 0.3 is 0 Å². The molecule has 1 saturated heterocycles. The average molecular weight is 151 g/mol. The van der Waals surface area contributed by atoms with Crippen LogP contribution in [-0.4, -0.2) is 37.4 Å². The lowest BCUT2D eigenvalue weighted by Gasteiger charge is -2.06. The van der Waals surface area contributed by atoms with E-state index < -0.39 is 17.4 Å². The fraction of sp³-hybridized carbons (Fsp3) is 1.00. The van der Waals surface area contributed by atoms with Gasteiger partial charge in [-0.15, -0.1) is 0 Å². The summed E-state index contributed by atoms with van der Waals surface area (Å²) in [7, 11) is 0. The Balaban J connectivity index is 2.39. The van der Waals surface area contributed by atoms with Gasteiger partial charge in [-0.2, -0.15) is 4.31 Å². The highest BCUT2D eigenvalue weighted by molar-refractivity contribution is 7.76. The lowest BCUT2D eigenvalue weighted by Crippen LogP contribution is -2.23. The summed E-state index contributed by atoms with van der Waals surface area (Å²) in [6, 6.07) is 0. The molecule has 2 N–H and O–H groups in total. The van der Waals surface area contributed by atoms with Crippen LogP contribution < -0.4 is 0 Å². The molecule has 0 radical (unpaired) electrons. The molecule has 4 nitrogen and oxygen atoms in total. The maximum absolute atomic E-state index is 10.3. The third kappa shape index (κ3) is 1.72. The highest BCUT2D eigenvalue weighted by Crippen LogP contribution is 2.08. The molecule has 0 aromatic rings. The van der Waals surface area contributed by atoms with Gasteiger partial charge in [0.1, 0.15) is 0 Å². The van der Waals surface area contributed by atoms with E-state index in [9.17, 15) is 4.21 Å². The van der Waals surface area contributed by atoms with Gasteiger partial charge in [0.05, 0.1) is 6.10 Å². The van der Waals surface area contributed by atoms with Crippen molar-refractivity contribution in [1.29, 1.82) is 0 Å². The zero-order valence-electron chi connectivity index (χ0n) is 4.86. The average Bonchev–Trinajstić information content (AvgIpc) is 2.14. The molecule has 54 valence electrons. The molecule has 1 fully saturated rings. The maximum Gasteiger partial charge on any atom is 0.234 e. The first kappa shape index (κ1) is 7.14. The minimum absolute atomic E-state index is 0.323. The largest absolute Gasteiger partial charge is 0.392 e. The van der Waals surface area contributed by atoms with E-state index >= 15 is 0 Å². The van der Waals surface area contributed by atoms with E-state index in [1.54, 1.807) is 0 Å². The SMILES string of the molecule is O=S(O)N1CC[C@H](O)C1. The number of rotatable bonds is 1. The molecule has 1 heterocycles. The molecule has 0 bridgehead atoms. The molecule has 0 aromatic carbocycles. The molecule has 1 unspecified atom stereocenters. The van der Waals surface area contributed by atoms with Crippen LogP contribution in [0.25, 0.3) is 0 Å². The summed E-state index contributed by atoms with van der Waals surface area (Å²) in [4.78, 5) is 0. The third-order valence-electron chi connectivity index (χ3n) is 1.35. The van der Waals surface area contributed by atoms with Gasteiger partial charge in [0.25, 0.3) is 0 Å². The molecule has 1 aliphatic rings. The van der Waals surface area contributed by atoms with E-state index in [-0.39, 0.29) is 0 Å². The van der Waals surface area contributed by atoms with Gasteiger partial charge in [-0.1, -0.05) is 0 Å². The molecule has 0 saturated carbocycles. The van der Waals surface area contributed by atoms with Crippen molar-refractivity contribution in [3.05, 3.63) is 0 Å². The quantitative estimate of drug-likeness (QED) is 0.482. The standard InChI is InChI=1S/C4H9NO3S/c6-4-1-2-5(3-4)9(7)8/h4,6H,1-3H2,(H,7,8)/t4-/m0/s1. The zero-order valence-corrected chi connectivity index (χ0v) is 5.67. The summed E-state index contributed by atoms with van der Waals surface area (Å²) in [6.45, 7) is 0.841. The van der Waals surface area contributed by atoms with Crippen LogP contribution in [0.4, 0.5) is 0 Å². The van der Waals surface area contributed by atoms with Crippen LogP contribution >= 0.6 is 0 Å². The number of hydrogen-bond acceptors (Lipinski definition) is 2. The van der Waals surface area contributed by atoms with Crippen molar-refractivity contribution in [3.8, 4) is 0 Å². The smallest absolute Gasteiger partial charge is 0.234 e. The summed E-state index contributed by atoms with van der Waals surface area (Å²) in [5, 5.41) is 8.86. The molecule has 2 atom stereocenters. The molecule has 0 aromatic heterocycles. The van der Waals surface area contributed by atoms with Crippen LogP contribution in [0.3, 0.4) is 0 Å². The van der Waals surface area contributed by atoms with Crippen molar-refractivity contribution in [2.45, 2.75) is 12.5 Å². The van der Waals surface area contributed by atoms with E-state index in [1.807, 2.05) is 0 Å². The summed E-state index contributed by atoms with van der Waals surface area (Å²) >= 11 is -1.89. The molecule has 0 aliphatic carbocycles.